The third kappa shape index (κ3) is 5.64. The van der Waals surface area contributed by atoms with Crippen LogP contribution in [-0.2, 0) is 4.74 Å². The van der Waals surface area contributed by atoms with Crippen molar-refractivity contribution in [3.05, 3.63) is 34.3 Å². The summed E-state index contributed by atoms with van der Waals surface area (Å²) in [7, 11) is 0. The molecule has 1 aromatic carbocycles. The molecule has 1 fully saturated rings. The van der Waals surface area contributed by atoms with Gasteiger partial charge >= 0.3 is 0 Å². The van der Waals surface area contributed by atoms with Crippen molar-refractivity contribution in [1.29, 1.82) is 0 Å². The summed E-state index contributed by atoms with van der Waals surface area (Å²) >= 11 is 8.51. The molecule has 120 valence electrons. The molecule has 1 aliphatic heterocycles. The number of amides is 1. The van der Waals surface area contributed by atoms with Crippen LogP contribution in [0.3, 0.4) is 0 Å². The lowest BCUT2D eigenvalue weighted by Crippen LogP contribution is -2.41. The van der Waals surface area contributed by atoms with Gasteiger partial charge in [-0.2, -0.15) is 0 Å². The second-order valence-electron chi connectivity index (χ2n) is 5.00. The van der Waals surface area contributed by atoms with E-state index in [4.69, 9.17) is 17.0 Å². The lowest BCUT2D eigenvalue weighted by atomic mass is 10.2. The maximum Gasteiger partial charge on any atom is 0.258 e. The first-order valence-corrected chi connectivity index (χ1v) is 8.51. The molecule has 1 aliphatic rings. The van der Waals surface area contributed by atoms with Crippen LogP contribution < -0.4 is 10.6 Å². The predicted molar refractivity (Wildman–Crippen MR) is 94.1 cm³/mol. The molecule has 0 atom stereocenters. The molecule has 0 unspecified atom stereocenters. The van der Waals surface area contributed by atoms with Gasteiger partial charge in [-0.15, -0.1) is 0 Å². The van der Waals surface area contributed by atoms with Gasteiger partial charge in [-0.1, -0.05) is 12.1 Å². The van der Waals surface area contributed by atoms with E-state index >= 15 is 0 Å². The molecule has 0 radical (unpaired) electrons. The highest BCUT2D eigenvalue weighted by atomic mass is 79.9. The summed E-state index contributed by atoms with van der Waals surface area (Å²) in [6, 6.07) is 7.26. The number of thiocarbonyl (C=S) groups is 1. The van der Waals surface area contributed by atoms with Gasteiger partial charge in [0.15, 0.2) is 5.11 Å². The number of carbonyl (C=O) groups is 1. The first-order chi connectivity index (χ1) is 10.7. The zero-order valence-electron chi connectivity index (χ0n) is 12.3. The number of nitrogens with one attached hydrogen (secondary N) is 2. The smallest absolute Gasteiger partial charge is 0.258 e. The van der Waals surface area contributed by atoms with E-state index in [0.717, 1.165) is 50.3 Å². The van der Waals surface area contributed by atoms with E-state index in [-0.39, 0.29) is 5.91 Å². The van der Waals surface area contributed by atoms with Gasteiger partial charge in [-0.3, -0.25) is 15.0 Å². The van der Waals surface area contributed by atoms with Gasteiger partial charge in [-0.25, -0.2) is 0 Å². The first-order valence-electron chi connectivity index (χ1n) is 7.30. The van der Waals surface area contributed by atoms with Crippen LogP contribution >= 0.6 is 28.1 Å². The highest BCUT2D eigenvalue weighted by Gasteiger charge is 2.11. The van der Waals surface area contributed by atoms with Crippen LogP contribution in [0.15, 0.2) is 28.7 Å². The molecule has 0 saturated carbocycles. The molecule has 2 N–H and O–H groups in total. The Morgan fingerprint density at radius 1 is 1.32 bits per heavy atom. The Hall–Kier alpha value is -1.02. The fourth-order valence-corrected chi connectivity index (χ4v) is 2.85. The number of hydrogen-bond donors (Lipinski definition) is 2. The van der Waals surface area contributed by atoms with E-state index in [9.17, 15) is 4.79 Å². The minimum Gasteiger partial charge on any atom is -0.379 e. The second kappa shape index (κ2) is 9.19. The first kappa shape index (κ1) is 17.3. The van der Waals surface area contributed by atoms with Crippen molar-refractivity contribution in [3.63, 3.8) is 0 Å². The average Bonchev–Trinajstić information content (AvgIpc) is 2.53. The van der Waals surface area contributed by atoms with Crippen molar-refractivity contribution >= 4 is 39.2 Å². The number of halogens is 1. The van der Waals surface area contributed by atoms with Crippen LogP contribution in [0.5, 0.6) is 0 Å². The van der Waals surface area contributed by atoms with Crippen molar-refractivity contribution in [2.45, 2.75) is 6.42 Å². The molecular formula is C15H20BrN3O2S. The molecule has 1 aromatic rings. The minimum absolute atomic E-state index is 0.210. The summed E-state index contributed by atoms with van der Waals surface area (Å²) in [6.45, 7) is 5.36. The van der Waals surface area contributed by atoms with Crippen molar-refractivity contribution in [2.75, 3.05) is 39.4 Å². The maximum absolute atomic E-state index is 12.1. The highest BCUT2D eigenvalue weighted by Crippen LogP contribution is 2.15. The van der Waals surface area contributed by atoms with Gasteiger partial charge in [0, 0.05) is 24.1 Å². The molecule has 1 amide bonds. The van der Waals surface area contributed by atoms with E-state index in [1.54, 1.807) is 6.07 Å². The monoisotopic (exact) mass is 385 g/mol. The predicted octanol–water partition coefficient (Wildman–Crippen LogP) is 1.78. The summed E-state index contributed by atoms with van der Waals surface area (Å²) in [5.74, 6) is -0.210. The maximum atomic E-state index is 12.1. The number of ether oxygens (including phenoxy) is 1. The lowest BCUT2D eigenvalue weighted by Gasteiger charge is -2.26. The standard InChI is InChI=1S/C15H20BrN3O2S/c16-13-5-2-1-4-12(13)14(20)18-15(22)17-6-3-7-19-8-10-21-11-9-19/h1-2,4-5H,3,6-11H2,(H2,17,18,20,22). The number of morpholine rings is 1. The Balaban J connectivity index is 1.65. The van der Waals surface area contributed by atoms with E-state index in [0.29, 0.717) is 10.7 Å². The van der Waals surface area contributed by atoms with E-state index < -0.39 is 0 Å². The number of rotatable bonds is 5. The van der Waals surface area contributed by atoms with Gasteiger partial charge in [0.1, 0.15) is 0 Å². The Morgan fingerprint density at radius 2 is 2.05 bits per heavy atom. The molecule has 22 heavy (non-hydrogen) atoms. The van der Waals surface area contributed by atoms with E-state index in [1.807, 2.05) is 18.2 Å². The summed E-state index contributed by atoms with van der Waals surface area (Å²) in [5, 5.41) is 6.13. The number of carbonyl (C=O) groups excluding carboxylic acids is 1. The van der Waals surface area contributed by atoms with Crippen LogP contribution in [0, 0.1) is 0 Å². The minimum atomic E-state index is -0.210. The SMILES string of the molecule is O=C(NC(=S)NCCCN1CCOCC1)c1ccccc1Br. The normalized spacial score (nSPS) is 15.3. The van der Waals surface area contributed by atoms with Gasteiger partial charge < -0.3 is 10.1 Å². The zero-order valence-corrected chi connectivity index (χ0v) is 14.7. The summed E-state index contributed by atoms with van der Waals surface area (Å²) in [4.78, 5) is 14.4. The van der Waals surface area contributed by atoms with Gasteiger partial charge in [-0.05, 0) is 53.2 Å². The Kier molecular flexibility index (Phi) is 7.24. The van der Waals surface area contributed by atoms with Crippen LogP contribution in [0.2, 0.25) is 0 Å². The lowest BCUT2D eigenvalue weighted by molar-refractivity contribution is 0.0376. The average molecular weight is 386 g/mol. The van der Waals surface area contributed by atoms with Crippen molar-refractivity contribution in [3.8, 4) is 0 Å². The molecule has 0 bridgehead atoms. The van der Waals surface area contributed by atoms with Gasteiger partial charge in [0.05, 0.1) is 18.8 Å². The summed E-state index contributed by atoms with van der Waals surface area (Å²) in [6.07, 6.45) is 0.977. The van der Waals surface area contributed by atoms with Gasteiger partial charge in [0.25, 0.3) is 5.91 Å². The van der Waals surface area contributed by atoms with Crippen LogP contribution in [0.25, 0.3) is 0 Å². The fraction of sp³-hybridized carbons (Fsp3) is 0.467. The zero-order chi connectivity index (χ0) is 15.8. The molecule has 0 aliphatic carbocycles. The fourth-order valence-electron chi connectivity index (χ4n) is 2.19. The van der Waals surface area contributed by atoms with E-state index in [2.05, 4.69) is 31.5 Å². The summed E-state index contributed by atoms with van der Waals surface area (Å²) in [5.41, 5.74) is 0.569. The molecule has 5 nitrogen and oxygen atoms in total. The topological polar surface area (TPSA) is 53.6 Å². The Bertz CT molecular complexity index is 521. The molecule has 1 saturated heterocycles. The quantitative estimate of drug-likeness (QED) is 0.597. The number of benzene rings is 1. The molecule has 0 spiro atoms. The molecule has 7 heteroatoms. The Labute approximate surface area is 144 Å². The van der Waals surface area contributed by atoms with Crippen molar-refractivity contribution in [2.24, 2.45) is 0 Å². The summed E-state index contributed by atoms with van der Waals surface area (Å²) < 4.78 is 6.06. The van der Waals surface area contributed by atoms with Crippen molar-refractivity contribution in [1.82, 2.24) is 15.5 Å². The highest BCUT2D eigenvalue weighted by molar-refractivity contribution is 9.10. The van der Waals surface area contributed by atoms with Crippen LogP contribution in [0.4, 0.5) is 0 Å². The molecule has 2 rings (SSSR count). The Morgan fingerprint density at radius 3 is 2.77 bits per heavy atom. The van der Waals surface area contributed by atoms with Crippen LogP contribution in [-0.4, -0.2) is 55.3 Å². The molecule has 1 heterocycles. The van der Waals surface area contributed by atoms with Crippen molar-refractivity contribution < 1.29 is 9.53 Å². The number of hydrogen-bond acceptors (Lipinski definition) is 4. The van der Waals surface area contributed by atoms with Gasteiger partial charge in [0.2, 0.25) is 0 Å². The number of nitrogens with zero attached hydrogens (tertiary/aromatic N) is 1. The molecule has 0 aromatic heterocycles. The third-order valence-corrected chi connectivity index (χ3v) is 4.32. The second-order valence-corrected chi connectivity index (χ2v) is 6.26. The van der Waals surface area contributed by atoms with Crippen LogP contribution in [0.1, 0.15) is 16.8 Å². The molecular weight excluding hydrogens is 366 g/mol. The third-order valence-electron chi connectivity index (χ3n) is 3.39. The van der Waals surface area contributed by atoms with E-state index in [1.165, 1.54) is 0 Å². The largest absolute Gasteiger partial charge is 0.379 e.